The molecular formula is C24H19ClN2O4S. The summed E-state index contributed by atoms with van der Waals surface area (Å²) in [5.74, 6) is -0.797. The maximum atomic E-state index is 13.3. The first-order chi connectivity index (χ1) is 15.4. The lowest BCUT2D eigenvalue weighted by Gasteiger charge is -2.23. The summed E-state index contributed by atoms with van der Waals surface area (Å²) in [7, 11) is -4.01. The second-order valence-corrected chi connectivity index (χ2v) is 8.92. The first-order valence-corrected chi connectivity index (χ1v) is 11.3. The van der Waals surface area contributed by atoms with Crippen molar-refractivity contribution in [2.45, 2.75) is 11.5 Å². The monoisotopic (exact) mass is 466 g/mol. The molecule has 0 N–H and O–H groups in total. The van der Waals surface area contributed by atoms with Gasteiger partial charge in [-0.3, -0.25) is 4.31 Å². The van der Waals surface area contributed by atoms with E-state index < -0.39 is 16.0 Å². The number of sulfonamides is 1. The Balaban J connectivity index is 1.91. The van der Waals surface area contributed by atoms with E-state index in [4.69, 9.17) is 16.3 Å². The van der Waals surface area contributed by atoms with Gasteiger partial charge in [0.1, 0.15) is 6.61 Å². The normalized spacial score (nSPS) is 10.8. The third-order valence-corrected chi connectivity index (χ3v) is 6.70. The average Bonchev–Trinajstić information content (AvgIpc) is 2.81. The van der Waals surface area contributed by atoms with Crippen molar-refractivity contribution in [3.63, 3.8) is 0 Å². The minimum atomic E-state index is -4.01. The van der Waals surface area contributed by atoms with Crippen molar-refractivity contribution in [1.29, 1.82) is 5.26 Å². The number of carbonyl (C=O) groups is 1. The number of carbonyl (C=O) groups excluding carboxylic acids is 1. The predicted octanol–water partition coefficient (Wildman–Crippen LogP) is 4.95. The highest BCUT2D eigenvalue weighted by atomic mass is 35.5. The molecule has 6 nitrogen and oxygen atoms in total. The Hall–Kier alpha value is -3.60. The van der Waals surface area contributed by atoms with Gasteiger partial charge in [-0.05, 0) is 36.4 Å². The van der Waals surface area contributed by atoms with Gasteiger partial charge in [0.25, 0.3) is 10.0 Å². The van der Waals surface area contributed by atoms with E-state index in [1.807, 2.05) is 6.07 Å². The van der Waals surface area contributed by atoms with E-state index in [9.17, 15) is 18.5 Å². The molecule has 0 spiro atoms. The summed E-state index contributed by atoms with van der Waals surface area (Å²) in [6.45, 7) is 3.53. The number of para-hydroxylation sites is 1. The third kappa shape index (κ3) is 4.99. The first kappa shape index (κ1) is 23.1. The molecule has 0 saturated heterocycles. The molecule has 0 fully saturated rings. The highest BCUT2D eigenvalue weighted by Gasteiger charge is 2.26. The zero-order chi connectivity index (χ0) is 23.1. The van der Waals surface area contributed by atoms with E-state index in [1.165, 1.54) is 28.6 Å². The molecule has 162 valence electrons. The topological polar surface area (TPSA) is 87.5 Å². The number of halogens is 1. The minimum Gasteiger partial charge on any atom is -0.457 e. The van der Waals surface area contributed by atoms with Gasteiger partial charge in [-0.25, -0.2) is 13.2 Å². The second-order valence-electron chi connectivity index (χ2n) is 6.65. The number of hydrogen-bond acceptors (Lipinski definition) is 5. The fourth-order valence-electron chi connectivity index (χ4n) is 2.98. The van der Waals surface area contributed by atoms with Crippen LogP contribution >= 0.6 is 11.6 Å². The summed E-state index contributed by atoms with van der Waals surface area (Å²) >= 11 is 6.16. The Labute approximate surface area is 192 Å². The van der Waals surface area contributed by atoms with Crippen molar-refractivity contribution in [2.75, 3.05) is 10.8 Å². The molecule has 3 aromatic carbocycles. The zero-order valence-corrected chi connectivity index (χ0v) is 18.5. The maximum absolute atomic E-state index is 13.3. The van der Waals surface area contributed by atoms with Gasteiger partial charge in [0.2, 0.25) is 0 Å². The molecule has 0 amide bonds. The van der Waals surface area contributed by atoms with Gasteiger partial charge in [0.15, 0.2) is 0 Å². The number of rotatable bonds is 8. The average molecular weight is 467 g/mol. The molecule has 32 heavy (non-hydrogen) atoms. The van der Waals surface area contributed by atoms with E-state index in [0.29, 0.717) is 16.8 Å². The van der Waals surface area contributed by atoms with Crippen molar-refractivity contribution in [3.8, 4) is 6.07 Å². The fraction of sp³-hybridized carbons (Fsp3) is 0.0833. The minimum absolute atomic E-state index is 0.0414. The molecule has 3 aromatic rings. The van der Waals surface area contributed by atoms with Crippen LogP contribution in [0.2, 0.25) is 5.02 Å². The van der Waals surface area contributed by atoms with Gasteiger partial charge < -0.3 is 4.74 Å². The highest BCUT2D eigenvalue weighted by molar-refractivity contribution is 7.92. The zero-order valence-electron chi connectivity index (χ0n) is 16.9. The summed E-state index contributed by atoms with van der Waals surface area (Å²) in [5, 5.41) is 9.22. The molecule has 0 aliphatic rings. The molecule has 3 rings (SSSR count). The molecule has 8 heteroatoms. The van der Waals surface area contributed by atoms with Crippen LogP contribution in [0.4, 0.5) is 5.69 Å². The number of esters is 1. The van der Waals surface area contributed by atoms with Crippen LogP contribution in [0.1, 0.15) is 21.5 Å². The molecule has 0 saturated carbocycles. The number of ether oxygens (including phenoxy) is 1. The largest absolute Gasteiger partial charge is 0.457 e. The van der Waals surface area contributed by atoms with Crippen molar-refractivity contribution < 1.29 is 17.9 Å². The number of nitriles is 1. The standard InChI is InChI=1S/C24H19ClN2O4S/c1-2-14-27(20-10-4-3-5-11-20)32(29,30)21-12-13-23(25)22(15-21)24(28)31-17-19-9-7-6-8-18(19)16-26/h2-13,15H,1,14,17H2. The van der Waals surface area contributed by atoms with E-state index in [0.717, 1.165) is 0 Å². The van der Waals surface area contributed by atoms with E-state index in [2.05, 4.69) is 6.58 Å². The lowest BCUT2D eigenvalue weighted by atomic mass is 10.1. The lowest BCUT2D eigenvalue weighted by molar-refractivity contribution is 0.0472. The summed E-state index contributed by atoms with van der Waals surface area (Å²) in [6.07, 6.45) is 1.47. The lowest BCUT2D eigenvalue weighted by Crippen LogP contribution is -2.31. The number of hydrogen-bond donors (Lipinski definition) is 0. The second kappa shape index (κ2) is 10.1. The number of benzene rings is 3. The Morgan fingerprint density at radius 2 is 1.78 bits per heavy atom. The van der Waals surface area contributed by atoms with E-state index in [1.54, 1.807) is 54.6 Å². The first-order valence-electron chi connectivity index (χ1n) is 9.52. The Morgan fingerprint density at radius 1 is 1.09 bits per heavy atom. The molecular weight excluding hydrogens is 448 g/mol. The van der Waals surface area contributed by atoms with Gasteiger partial charge in [-0.15, -0.1) is 6.58 Å². The molecule has 0 bridgehead atoms. The van der Waals surface area contributed by atoms with Crippen molar-refractivity contribution >= 4 is 33.3 Å². The Kier molecular flexibility index (Phi) is 7.31. The summed E-state index contributed by atoms with van der Waals surface area (Å²) in [4.78, 5) is 12.6. The van der Waals surface area contributed by atoms with E-state index in [-0.39, 0.29) is 28.6 Å². The molecule has 0 radical (unpaired) electrons. The maximum Gasteiger partial charge on any atom is 0.340 e. The number of nitrogens with zero attached hydrogens (tertiary/aromatic N) is 2. The molecule has 0 atom stereocenters. The fourth-order valence-corrected chi connectivity index (χ4v) is 4.64. The van der Waals surface area contributed by atoms with Gasteiger partial charge in [-0.1, -0.05) is 54.1 Å². The van der Waals surface area contributed by atoms with Crippen LogP contribution in [0.15, 0.2) is 90.3 Å². The summed E-state index contributed by atoms with van der Waals surface area (Å²) in [5.41, 5.74) is 1.28. The van der Waals surface area contributed by atoms with Gasteiger partial charge in [0.05, 0.1) is 39.3 Å². The molecule has 0 aliphatic heterocycles. The smallest absolute Gasteiger partial charge is 0.340 e. The van der Waals surface area contributed by atoms with Crippen LogP contribution in [0.3, 0.4) is 0 Å². The molecule has 0 unspecified atom stereocenters. The van der Waals surface area contributed by atoms with E-state index >= 15 is 0 Å². The van der Waals surface area contributed by atoms with Crippen LogP contribution < -0.4 is 4.31 Å². The van der Waals surface area contributed by atoms with Crippen LogP contribution in [0.25, 0.3) is 0 Å². The van der Waals surface area contributed by atoms with Gasteiger partial charge >= 0.3 is 5.97 Å². The van der Waals surface area contributed by atoms with Crippen molar-refractivity contribution in [2.24, 2.45) is 0 Å². The van der Waals surface area contributed by atoms with Crippen LogP contribution in [-0.2, 0) is 21.4 Å². The SMILES string of the molecule is C=CCN(c1ccccc1)S(=O)(=O)c1ccc(Cl)c(C(=O)OCc2ccccc2C#N)c1. The quantitative estimate of drug-likeness (QED) is 0.346. The Bertz CT molecular complexity index is 1280. The third-order valence-electron chi connectivity index (χ3n) is 4.58. The molecule has 0 aliphatic carbocycles. The van der Waals surface area contributed by atoms with Crippen LogP contribution in [-0.4, -0.2) is 20.9 Å². The van der Waals surface area contributed by atoms with Gasteiger partial charge in [0, 0.05) is 5.56 Å². The van der Waals surface area contributed by atoms with Crippen molar-refractivity contribution in [3.05, 3.63) is 107 Å². The highest BCUT2D eigenvalue weighted by Crippen LogP contribution is 2.27. The molecule has 0 heterocycles. The predicted molar refractivity (Wildman–Crippen MR) is 123 cm³/mol. The number of anilines is 1. The van der Waals surface area contributed by atoms with Crippen LogP contribution in [0, 0.1) is 11.3 Å². The molecule has 0 aromatic heterocycles. The summed E-state index contributed by atoms with van der Waals surface area (Å²) in [6, 6.07) is 21.2. The van der Waals surface area contributed by atoms with Gasteiger partial charge in [-0.2, -0.15) is 5.26 Å². The van der Waals surface area contributed by atoms with Crippen molar-refractivity contribution in [1.82, 2.24) is 0 Å². The summed E-state index contributed by atoms with van der Waals surface area (Å²) < 4.78 is 33.1. The van der Waals surface area contributed by atoms with Crippen LogP contribution in [0.5, 0.6) is 0 Å². The Morgan fingerprint density at radius 3 is 2.47 bits per heavy atom.